The van der Waals surface area contributed by atoms with Crippen LogP contribution in [0.4, 0.5) is 5.69 Å². The molecule has 1 unspecified atom stereocenters. The van der Waals surface area contributed by atoms with Gasteiger partial charge in [-0.2, -0.15) is 0 Å². The lowest BCUT2D eigenvalue weighted by Gasteiger charge is -2.33. The summed E-state index contributed by atoms with van der Waals surface area (Å²) in [6.07, 6.45) is 23.1. The molecule has 4 aliphatic rings. The summed E-state index contributed by atoms with van der Waals surface area (Å²) < 4.78 is 2.58. The van der Waals surface area contributed by atoms with Crippen molar-refractivity contribution < 1.29 is 0 Å². The molecule has 0 bridgehead atoms. The van der Waals surface area contributed by atoms with E-state index in [1.165, 1.54) is 45.1 Å². The molecule has 53 heavy (non-hydrogen) atoms. The van der Waals surface area contributed by atoms with Gasteiger partial charge in [0.25, 0.3) is 0 Å². The molecule has 0 saturated heterocycles. The Morgan fingerprint density at radius 1 is 0.642 bits per heavy atom. The van der Waals surface area contributed by atoms with Gasteiger partial charge in [-0.15, -0.1) is 0 Å². The third-order valence-electron chi connectivity index (χ3n) is 10.9. The fraction of sp³-hybridized carbons (Fsp3) is 0.146. The standard InChI is InChI=1S/C48H39N5/c1-32-25-26-39-45(28-32)53(47-40-22-9-11-24-44(40)52(37-20-13-27-49-31-37)43-23-10-8-21-38(43)46(39)47)36-19-12-18-35(29-36)42-30-41(33-14-4-2-5-15-33)50-48(51-42)34-16-6-3-7-17-34/h2-9,12-22,25-27,29-32H,10-11,23-24,28H2,1H3. The monoisotopic (exact) mass is 685 g/mol. The summed E-state index contributed by atoms with van der Waals surface area (Å²) in [4.78, 5) is 17.4. The van der Waals surface area contributed by atoms with Gasteiger partial charge in [0.1, 0.15) is 0 Å². The second-order valence-corrected chi connectivity index (χ2v) is 14.4. The largest absolute Gasteiger partial charge is 0.315 e. The van der Waals surface area contributed by atoms with Crippen LogP contribution in [0.15, 0.2) is 157 Å². The quantitative estimate of drug-likeness (QED) is 0.181. The van der Waals surface area contributed by atoms with Gasteiger partial charge < -0.3 is 9.47 Å². The van der Waals surface area contributed by atoms with Crippen LogP contribution >= 0.6 is 0 Å². The van der Waals surface area contributed by atoms with Crippen molar-refractivity contribution in [1.29, 1.82) is 0 Å². The van der Waals surface area contributed by atoms with Crippen LogP contribution in [-0.2, 0) is 6.42 Å². The molecule has 1 atom stereocenters. The normalized spacial score (nSPS) is 17.3. The van der Waals surface area contributed by atoms with Crippen LogP contribution in [0.5, 0.6) is 0 Å². The van der Waals surface area contributed by atoms with Crippen molar-refractivity contribution in [2.45, 2.75) is 39.0 Å². The highest BCUT2D eigenvalue weighted by atomic mass is 15.2. The molecule has 1 aliphatic heterocycles. The molecule has 6 aromatic rings. The maximum absolute atomic E-state index is 5.21. The van der Waals surface area contributed by atoms with E-state index in [1.54, 1.807) is 0 Å². The topological polar surface area (TPSA) is 46.8 Å². The van der Waals surface area contributed by atoms with Gasteiger partial charge in [-0.05, 0) is 68.4 Å². The number of hydrogen-bond acceptors (Lipinski definition) is 4. The molecule has 5 nitrogen and oxygen atoms in total. The first-order valence-corrected chi connectivity index (χ1v) is 18.8. The Morgan fingerprint density at radius 3 is 2.08 bits per heavy atom. The van der Waals surface area contributed by atoms with Crippen molar-refractivity contribution in [2.75, 3.05) is 4.90 Å². The minimum absolute atomic E-state index is 0.435. The molecule has 256 valence electrons. The maximum atomic E-state index is 5.21. The summed E-state index contributed by atoms with van der Waals surface area (Å²) >= 11 is 0. The summed E-state index contributed by atoms with van der Waals surface area (Å²) in [6, 6.07) is 36.1. The van der Waals surface area contributed by atoms with Gasteiger partial charge in [0.2, 0.25) is 0 Å². The molecule has 3 aliphatic carbocycles. The zero-order valence-electron chi connectivity index (χ0n) is 29.8. The average Bonchev–Trinajstić information content (AvgIpc) is 3.49. The molecule has 3 aromatic heterocycles. The summed E-state index contributed by atoms with van der Waals surface area (Å²) in [5.41, 5.74) is 17.9. The second-order valence-electron chi connectivity index (χ2n) is 14.4. The van der Waals surface area contributed by atoms with Crippen LogP contribution in [0.3, 0.4) is 0 Å². The van der Waals surface area contributed by atoms with Gasteiger partial charge in [-0.3, -0.25) is 4.98 Å². The van der Waals surface area contributed by atoms with Gasteiger partial charge in [-0.25, -0.2) is 9.97 Å². The Balaban J connectivity index is 1.22. The number of aromatic nitrogens is 4. The third kappa shape index (κ3) is 5.43. The van der Waals surface area contributed by atoms with E-state index < -0.39 is 0 Å². The Morgan fingerprint density at radius 2 is 1.32 bits per heavy atom. The first-order valence-electron chi connectivity index (χ1n) is 18.8. The van der Waals surface area contributed by atoms with Crippen LogP contribution in [-0.4, -0.2) is 19.5 Å². The molecule has 0 spiro atoms. The zero-order valence-corrected chi connectivity index (χ0v) is 29.8. The maximum Gasteiger partial charge on any atom is 0.160 e. The number of hydrogen-bond donors (Lipinski definition) is 0. The van der Waals surface area contributed by atoms with Crippen LogP contribution < -0.4 is 4.90 Å². The zero-order chi connectivity index (χ0) is 35.3. The highest BCUT2D eigenvalue weighted by molar-refractivity contribution is 5.99. The summed E-state index contributed by atoms with van der Waals surface area (Å²) in [6.45, 7) is 2.33. The highest BCUT2D eigenvalue weighted by Crippen LogP contribution is 2.50. The van der Waals surface area contributed by atoms with Crippen molar-refractivity contribution in [3.05, 3.63) is 180 Å². The van der Waals surface area contributed by atoms with Crippen LogP contribution in [0.25, 0.3) is 56.8 Å². The Hall–Kier alpha value is -6.33. The van der Waals surface area contributed by atoms with Crippen molar-refractivity contribution in [2.24, 2.45) is 5.92 Å². The molecule has 3 aromatic carbocycles. The number of rotatable bonds is 5. The molecule has 0 amide bonds. The number of fused-ring (bicyclic) bond motifs is 5. The van der Waals surface area contributed by atoms with E-state index in [4.69, 9.17) is 9.97 Å². The predicted octanol–water partition coefficient (Wildman–Crippen LogP) is 11.5. The van der Waals surface area contributed by atoms with Crippen LogP contribution in [0.2, 0.25) is 0 Å². The van der Waals surface area contributed by atoms with Crippen molar-refractivity contribution in [1.82, 2.24) is 19.5 Å². The minimum atomic E-state index is 0.435. The first-order chi connectivity index (χ1) is 26.2. The fourth-order valence-electron chi connectivity index (χ4n) is 8.51. The molecular formula is C48H39N5. The van der Waals surface area contributed by atoms with Gasteiger partial charge in [0.05, 0.1) is 29.0 Å². The Bertz CT molecular complexity index is 2480. The molecule has 10 rings (SSSR count). The van der Waals surface area contributed by atoms with Gasteiger partial charge in [-0.1, -0.05) is 116 Å². The lowest BCUT2D eigenvalue weighted by atomic mass is 9.88. The predicted molar refractivity (Wildman–Crippen MR) is 217 cm³/mol. The molecular weight excluding hydrogens is 647 g/mol. The smallest absolute Gasteiger partial charge is 0.160 e. The summed E-state index contributed by atoms with van der Waals surface area (Å²) in [5, 5.41) is 0. The number of nitrogens with zero attached hydrogens (tertiary/aromatic N) is 5. The fourth-order valence-corrected chi connectivity index (χ4v) is 8.51. The van der Waals surface area contributed by atoms with E-state index in [2.05, 4.69) is 137 Å². The molecule has 0 fully saturated rings. The average molecular weight is 686 g/mol. The highest BCUT2D eigenvalue weighted by Gasteiger charge is 2.36. The SMILES string of the molecule is CC1C=Cc2c3c(n(-c4cccc(-c5cc(-c6ccccc6)nc(-c6ccccc6)n5)c4)c2C1)C1=C(CCC=C1)N(c1cccnc1)C1=C3C=CCC1. The molecule has 0 saturated carbocycles. The Labute approximate surface area is 310 Å². The lowest BCUT2D eigenvalue weighted by molar-refractivity contribution is 0.686. The lowest BCUT2D eigenvalue weighted by Crippen LogP contribution is -2.25. The molecule has 0 N–H and O–H groups in total. The second kappa shape index (κ2) is 13.0. The van der Waals surface area contributed by atoms with E-state index in [0.717, 1.165) is 77.4 Å². The number of pyridine rings is 1. The summed E-state index contributed by atoms with van der Waals surface area (Å²) in [7, 11) is 0. The van der Waals surface area contributed by atoms with Gasteiger partial charge >= 0.3 is 0 Å². The Kier molecular flexibility index (Phi) is 7.71. The summed E-state index contributed by atoms with van der Waals surface area (Å²) in [5.74, 6) is 1.16. The number of benzene rings is 3. The van der Waals surface area contributed by atoms with E-state index in [0.29, 0.717) is 5.92 Å². The van der Waals surface area contributed by atoms with E-state index in [-0.39, 0.29) is 0 Å². The van der Waals surface area contributed by atoms with Crippen molar-refractivity contribution in [3.63, 3.8) is 0 Å². The third-order valence-corrected chi connectivity index (χ3v) is 10.9. The molecule has 0 radical (unpaired) electrons. The van der Waals surface area contributed by atoms with Crippen LogP contribution in [0.1, 0.15) is 55.1 Å². The molecule has 4 heterocycles. The number of allylic oxidation sites excluding steroid dienone is 9. The number of anilines is 1. The van der Waals surface area contributed by atoms with E-state index >= 15 is 0 Å². The van der Waals surface area contributed by atoms with Crippen molar-refractivity contribution >= 4 is 22.9 Å². The van der Waals surface area contributed by atoms with Gasteiger partial charge in [0.15, 0.2) is 5.82 Å². The van der Waals surface area contributed by atoms with Gasteiger partial charge in [0, 0.05) is 67.9 Å². The van der Waals surface area contributed by atoms with Crippen LogP contribution in [0, 0.1) is 5.92 Å². The first kappa shape index (κ1) is 31.4. The van der Waals surface area contributed by atoms with Crippen molar-refractivity contribution in [3.8, 4) is 39.6 Å². The molecule has 5 heteroatoms. The van der Waals surface area contributed by atoms with E-state index in [1.807, 2.05) is 36.7 Å². The van der Waals surface area contributed by atoms with E-state index in [9.17, 15) is 0 Å². The minimum Gasteiger partial charge on any atom is -0.315 e.